The van der Waals surface area contributed by atoms with Gasteiger partial charge in [0.25, 0.3) is 5.52 Å². The molecule has 26 heavy (non-hydrogen) atoms. The van der Waals surface area contributed by atoms with Gasteiger partial charge in [-0.15, -0.1) is 11.3 Å². The molecule has 0 amide bonds. The molecular formula is C18H23O6PS. The lowest BCUT2D eigenvalue weighted by molar-refractivity contribution is 0.00752. The molecule has 0 bridgehead atoms. The SMILES string of the molecule is CCOP(=O)(OCC)C(=O)c1ccc2sc(C(=O)OC(C)(C)C)cc2c1. The van der Waals surface area contributed by atoms with Crippen LogP contribution in [0.25, 0.3) is 10.1 Å². The molecule has 0 saturated heterocycles. The van der Waals surface area contributed by atoms with Gasteiger partial charge in [0.2, 0.25) is 0 Å². The standard InChI is InChI=1S/C18H23O6PS/c1-6-22-25(21,23-7-2)17(20)12-8-9-14-13(10-12)11-15(26-14)16(19)24-18(3,4)5/h8-11H,6-7H2,1-5H3. The van der Waals surface area contributed by atoms with Crippen LogP contribution in [0, 0.1) is 0 Å². The molecule has 0 spiro atoms. The van der Waals surface area contributed by atoms with Gasteiger partial charge in [-0.3, -0.25) is 9.36 Å². The Morgan fingerprint density at radius 2 is 1.69 bits per heavy atom. The van der Waals surface area contributed by atoms with Crippen molar-refractivity contribution < 1.29 is 27.9 Å². The Bertz CT molecular complexity index is 854. The lowest BCUT2D eigenvalue weighted by Crippen LogP contribution is -2.23. The van der Waals surface area contributed by atoms with E-state index in [9.17, 15) is 14.2 Å². The monoisotopic (exact) mass is 398 g/mol. The molecule has 0 aliphatic rings. The smallest absolute Gasteiger partial charge is 0.401 e. The minimum atomic E-state index is -3.88. The van der Waals surface area contributed by atoms with Gasteiger partial charge in [0.1, 0.15) is 10.5 Å². The molecule has 1 heterocycles. The molecule has 1 aromatic carbocycles. The van der Waals surface area contributed by atoms with Crippen molar-refractivity contribution in [2.45, 2.75) is 40.2 Å². The van der Waals surface area contributed by atoms with Crippen molar-refractivity contribution in [1.29, 1.82) is 0 Å². The fourth-order valence-electron chi connectivity index (χ4n) is 2.26. The van der Waals surface area contributed by atoms with Crippen LogP contribution in [-0.2, 0) is 18.3 Å². The first-order valence-electron chi connectivity index (χ1n) is 8.30. The van der Waals surface area contributed by atoms with Crippen LogP contribution in [0.4, 0.5) is 0 Å². The first-order chi connectivity index (χ1) is 12.1. The van der Waals surface area contributed by atoms with E-state index >= 15 is 0 Å². The van der Waals surface area contributed by atoms with Gasteiger partial charge in [-0.2, -0.15) is 0 Å². The summed E-state index contributed by atoms with van der Waals surface area (Å²) in [5.74, 6) is -0.416. The zero-order valence-electron chi connectivity index (χ0n) is 15.5. The largest absolute Gasteiger partial charge is 0.456 e. The van der Waals surface area contributed by atoms with Crippen molar-refractivity contribution in [1.82, 2.24) is 0 Å². The molecule has 0 radical (unpaired) electrons. The molecule has 142 valence electrons. The van der Waals surface area contributed by atoms with Crippen LogP contribution < -0.4 is 0 Å². The Labute approximate surface area is 157 Å². The minimum absolute atomic E-state index is 0.104. The average Bonchev–Trinajstić information content (AvgIpc) is 2.96. The van der Waals surface area contributed by atoms with Gasteiger partial charge in [0.05, 0.1) is 13.2 Å². The fraction of sp³-hybridized carbons (Fsp3) is 0.444. The predicted octanol–water partition coefficient (Wildman–Crippen LogP) is 5.26. The van der Waals surface area contributed by atoms with Crippen molar-refractivity contribution in [2.24, 2.45) is 0 Å². The number of fused-ring (bicyclic) bond motifs is 1. The lowest BCUT2D eigenvalue weighted by Gasteiger charge is -2.18. The number of carbonyl (C=O) groups excluding carboxylic acids is 2. The van der Waals surface area contributed by atoms with Gasteiger partial charge in [-0.25, -0.2) is 4.79 Å². The second-order valence-corrected chi connectivity index (χ2v) is 9.50. The number of carbonyl (C=O) groups is 2. The molecule has 0 unspecified atom stereocenters. The van der Waals surface area contributed by atoms with E-state index in [1.54, 1.807) is 58.9 Å². The Kier molecular flexibility index (Phi) is 6.40. The molecule has 0 fully saturated rings. The maximum atomic E-state index is 12.7. The maximum Gasteiger partial charge on any atom is 0.401 e. The molecule has 0 aliphatic carbocycles. The molecule has 0 aliphatic heterocycles. The van der Waals surface area contributed by atoms with E-state index in [-0.39, 0.29) is 18.8 Å². The van der Waals surface area contributed by atoms with Gasteiger partial charge in [-0.1, -0.05) is 0 Å². The van der Waals surface area contributed by atoms with Gasteiger partial charge < -0.3 is 13.8 Å². The van der Waals surface area contributed by atoms with Crippen LogP contribution in [0.1, 0.15) is 54.6 Å². The lowest BCUT2D eigenvalue weighted by atomic mass is 10.2. The molecule has 1 aromatic heterocycles. The molecule has 2 rings (SSSR count). The number of benzene rings is 1. The number of thiophene rings is 1. The summed E-state index contributed by atoms with van der Waals surface area (Å²) in [7, 11) is -3.88. The molecule has 0 N–H and O–H groups in total. The fourth-order valence-corrected chi connectivity index (χ4v) is 4.62. The Morgan fingerprint density at radius 3 is 2.23 bits per heavy atom. The zero-order chi connectivity index (χ0) is 19.5. The Balaban J connectivity index is 2.35. The highest BCUT2D eigenvalue weighted by molar-refractivity contribution is 7.72. The Morgan fingerprint density at radius 1 is 1.08 bits per heavy atom. The predicted molar refractivity (Wildman–Crippen MR) is 102 cm³/mol. The second-order valence-electron chi connectivity index (χ2n) is 6.50. The third-order valence-electron chi connectivity index (χ3n) is 3.21. The van der Waals surface area contributed by atoms with Crippen LogP contribution in [0.3, 0.4) is 0 Å². The first-order valence-corrected chi connectivity index (χ1v) is 10.7. The van der Waals surface area contributed by atoms with Crippen LogP contribution in [0.2, 0.25) is 0 Å². The third kappa shape index (κ3) is 4.80. The third-order valence-corrected chi connectivity index (χ3v) is 6.26. The summed E-state index contributed by atoms with van der Waals surface area (Å²) in [5.41, 5.74) is -1.06. The molecule has 0 atom stereocenters. The molecule has 8 heteroatoms. The number of hydrogen-bond acceptors (Lipinski definition) is 7. The number of hydrogen-bond donors (Lipinski definition) is 0. The van der Waals surface area contributed by atoms with Crippen molar-refractivity contribution >= 4 is 40.5 Å². The summed E-state index contributed by atoms with van der Waals surface area (Å²) in [6.45, 7) is 8.90. The zero-order valence-corrected chi connectivity index (χ0v) is 17.2. The topological polar surface area (TPSA) is 78.9 Å². The highest BCUT2D eigenvalue weighted by Gasteiger charge is 2.35. The summed E-state index contributed by atoms with van der Waals surface area (Å²) >= 11 is 1.28. The van der Waals surface area contributed by atoms with Gasteiger partial charge in [0, 0.05) is 10.3 Å². The molecule has 0 saturated carbocycles. The summed E-state index contributed by atoms with van der Waals surface area (Å²) in [4.78, 5) is 25.3. The van der Waals surface area contributed by atoms with Crippen LogP contribution in [0.5, 0.6) is 0 Å². The van der Waals surface area contributed by atoms with Crippen LogP contribution in [0.15, 0.2) is 24.3 Å². The summed E-state index contributed by atoms with van der Waals surface area (Å²) in [5, 5.41) is 0.696. The van der Waals surface area contributed by atoms with Gasteiger partial charge in [-0.05, 0) is 64.3 Å². The highest BCUT2D eigenvalue weighted by atomic mass is 32.1. The van der Waals surface area contributed by atoms with Crippen molar-refractivity contribution in [3.05, 3.63) is 34.7 Å². The van der Waals surface area contributed by atoms with Crippen LogP contribution in [-0.4, -0.2) is 30.3 Å². The average molecular weight is 398 g/mol. The Hall–Kier alpha value is -1.53. The van der Waals surface area contributed by atoms with E-state index < -0.39 is 24.7 Å². The number of esters is 1. The van der Waals surface area contributed by atoms with E-state index in [1.807, 2.05) is 0 Å². The summed E-state index contributed by atoms with van der Waals surface area (Å²) < 4.78 is 29.1. The van der Waals surface area contributed by atoms with E-state index in [4.69, 9.17) is 13.8 Å². The first kappa shape index (κ1) is 20.8. The van der Waals surface area contributed by atoms with Crippen molar-refractivity contribution in [2.75, 3.05) is 13.2 Å². The van der Waals surface area contributed by atoms with E-state index in [2.05, 4.69) is 0 Å². The number of rotatable bonds is 7. The minimum Gasteiger partial charge on any atom is -0.456 e. The summed E-state index contributed by atoms with van der Waals surface area (Å²) in [6, 6.07) is 6.53. The van der Waals surface area contributed by atoms with E-state index in [1.165, 1.54) is 11.3 Å². The van der Waals surface area contributed by atoms with Crippen LogP contribution >= 0.6 is 18.9 Å². The van der Waals surface area contributed by atoms with E-state index in [0.29, 0.717) is 10.3 Å². The highest BCUT2D eigenvalue weighted by Crippen LogP contribution is 2.51. The molecule has 2 aromatic rings. The van der Waals surface area contributed by atoms with E-state index in [0.717, 1.165) is 4.70 Å². The maximum absolute atomic E-state index is 12.7. The van der Waals surface area contributed by atoms with Crippen molar-refractivity contribution in [3.63, 3.8) is 0 Å². The summed E-state index contributed by atoms with van der Waals surface area (Å²) in [6.07, 6.45) is 0. The molecule has 6 nitrogen and oxygen atoms in total. The number of ether oxygens (including phenoxy) is 1. The normalized spacial score (nSPS) is 12.3. The second kappa shape index (κ2) is 8.01. The van der Waals surface area contributed by atoms with Crippen molar-refractivity contribution in [3.8, 4) is 0 Å². The van der Waals surface area contributed by atoms with Gasteiger partial charge in [0.15, 0.2) is 0 Å². The quantitative estimate of drug-likeness (QED) is 0.467. The molecular weight excluding hydrogens is 375 g/mol. The van der Waals surface area contributed by atoms with Gasteiger partial charge >= 0.3 is 13.6 Å².